The maximum atomic E-state index is 5.86. The Morgan fingerprint density at radius 3 is 1.21 bits per heavy atom. The lowest BCUT2D eigenvalue weighted by Gasteiger charge is -2.15. The van der Waals surface area contributed by atoms with Gasteiger partial charge >= 0.3 is 0 Å². The van der Waals surface area contributed by atoms with E-state index in [1.165, 1.54) is 11.1 Å². The van der Waals surface area contributed by atoms with E-state index in [4.69, 9.17) is 9.47 Å². The van der Waals surface area contributed by atoms with E-state index in [1.807, 2.05) is 24.3 Å². The Balaban J connectivity index is 1.75. The second kappa shape index (κ2) is 8.77. The fourth-order valence-corrected chi connectivity index (χ4v) is 2.42. The monoisotopic (exact) mass is 326 g/mol. The molecule has 0 fully saturated rings. The Labute approximate surface area is 146 Å². The number of benzene rings is 2. The molecule has 0 atom stereocenters. The van der Waals surface area contributed by atoms with Crippen LogP contribution in [0.4, 0.5) is 0 Å². The summed E-state index contributed by atoms with van der Waals surface area (Å²) in [6, 6.07) is 16.7. The molecular formula is C22H30O2. The molecule has 0 aliphatic carbocycles. The van der Waals surface area contributed by atoms with Crippen molar-refractivity contribution < 1.29 is 9.47 Å². The van der Waals surface area contributed by atoms with Crippen molar-refractivity contribution in [2.24, 2.45) is 5.92 Å². The van der Waals surface area contributed by atoms with Gasteiger partial charge in [-0.15, -0.1) is 0 Å². The zero-order valence-electron chi connectivity index (χ0n) is 15.6. The molecule has 0 saturated carbocycles. The highest BCUT2D eigenvalue weighted by molar-refractivity contribution is 5.29. The van der Waals surface area contributed by atoms with Crippen LogP contribution in [0.2, 0.25) is 0 Å². The van der Waals surface area contributed by atoms with Crippen molar-refractivity contribution in [1.29, 1.82) is 0 Å². The van der Waals surface area contributed by atoms with Gasteiger partial charge in [-0.05, 0) is 47.2 Å². The van der Waals surface area contributed by atoms with Gasteiger partial charge in [0, 0.05) is 5.92 Å². The Morgan fingerprint density at radius 2 is 0.917 bits per heavy atom. The van der Waals surface area contributed by atoms with Crippen LogP contribution in [0, 0.1) is 5.92 Å². The summed E-state index contributed by atoms with van der Waals surface area (Å²) < 4.78 is 11.7. The van der Waals surface area contributed by atoms with Gasteiger partial charge in [-0.3, -0.25) is 0 Å². The van der Waals surface area contributed by atoms with Gasteiger partial charge in [-0.25, -0.2) is 0 Å². The Hall–Kier alpha value is -1.96. The molecule has 2 aromatic rings. The highest BCUT2D eigenvalue weighted by Crippen LogP contribution is 2.20. The zero-order chi connectivity index (χ0) is 17.5. The quantitative estimate of drug-likeness (QED) is 0.590. The SMILES string of the molecule is CC(COc1ccc(C(C)C)cc1)COc1ccc(C(C)C)cc1. The second-order valence-corrected chi connectivity index (χ2v) is 7.17. The topological polar surface area (TPSA) is 18.5 Å². The van der Waals surface area contributed by atoms with E-state index >= 15 is 0 Å². The molecule has 0 aliphatic heterocycles. The van der Waals surface area contributed by atoms with Gasteiger partial charge in [-0.1, -0.05) is 58.9 Å². The Bertz CT molecular complexity index is 541. The summed E-state index contributed by atoms with van der Waals surface area (Å²) in [6.07, 6.45) is 0. The Morgan fingerprint density at radius 1 is 0.583 bits per heavy atom. The maximum Gasteiger partial charge on any atom is 0.119 e. The van der Waals surface area contributed by atoms with Crippen LogP contribution in [-0.4, -0.2) is 13.2 Å². The normalized spacial score (nSPS) is 11.3. The van der Waals surface area contributed by atoms with Gasteiger partial charge in [-0.2, -0.15) is 0 Å². The fourth-order valence-electron chi connectivity index (χ4n) is 2.42. The largest absolute Gasteiger partial charge is 0.493 e. The maximum absolute atomic E-state index is 5.86. The molecule has 0 radical (unpaired) electrons. The standard InChI is InChI=1S/C22H30O2/c1-16(2)19-6-10-21(11-7-19)23-14-18(5)15-24-22-12-8-20(9-13-22)17(3)4/h6-13,16-18H,14-15H2,1-5H3. The minimum atomic E-state index is 0.333. The first kappa shape index (κ1) is 18.4. The molecule has 130 valence electrons. The first-order valence-electron chi connectivity index (χ1n) is 8.91. The smallest absolute Gasteiger partial charge is 0.119 e. The lowest BCUT2D eigenvalue weighted by atomic mass is 10.0. The lowest BCUT2D eigenvalue weighted by molar-refractivity contribution is 0.188. The molecule has 2 nitrogen and oxygen atoms in total. The average molecular weight is 326 g/mol. The summed E-state index contributed by atoms with van der Waals surface area (Å²) in [5, 5.41) is 0. The number of rotatable bonds is 8. The van der Waals surface area contributed by atoms with Crippen molar-refractivity contribution >= 4 is 0 Å². The molecule has 0 N–H and O–H groups in total. The van der Waals surface area contributed by atoms with Gasteiger partial charge in [0.15, 0.2) is 0 Å². The lowest BCUT2D eigenvalue weighted by Crippen LogP contribution is -2.16. The van der Waals surface area contributed by atoms with Gasteiger partial charge < -0.3 is 9.47 Å². The molecule has 2 rings (SSSR count). The van der Waals surface area contributed by atoms with Crippen LogP contribution in [0.15, 0.2) is 48.5 Å². The van der Waals surface area contributed by atoms with Crippen molar-refractivity contribution in [1.82, 2.24) is 0 Å². The predicted molar refractivity (Wildman–Crippen MR) is 101 cm³/mol. The third-order valence-corrected chi connectivity index (χ3v) is 4.16. The predicted octanol–water partition coefficient (Wildman–Crippen LogP) is 6.03. The minimum Gasteiger partial charge on any atom is -0.493 e. The van der Waals surface area contributed by atoms with Crippen molar-refractivity contribution in [3.05, 3.63) is 59.7 Å². The first-order chi connectivity index (χ1) is 11.5. The average Bonchev–Trinajstić information content (AvgIpc) is 2.58. The van der Waals surface area contributed by atoms with Crippen LogP contribution in [-0.2, 0) is 0 Å². The first-order valence-corrected chi connectivity index (χ1v) is 8.91. The summed E-state index contributed by atoms with van der Waals surface area (Å²) in [7, 11) is 0. The van der Waals surface area contributed by atoms with E-state index in [2.05, 4.69) is 58.9 Å². The van der Waals surface area contributed by atoms with Gasteiger partial charge in [0.05, 0.1) is 13.2 Å². The van der Waals surface area contributed by atoms with Crippen LogP contribution in [0.3, 0.4) is 0 Å². The van der Waals surface area contributed by atoms with Crippen molar-refractivity contribution in [3.63, 3.8) is 0 Å². The summed E-state index contributed by atoms with van der Waals surface area (Å²) in [5.74, 6) is 3.28. The van der Waals surface area contributed by atoms with E-state index < -0.39 is 0 Å². The molecule has 0 spiro atoms. The molecule has 0 aliphatic rings. The molecule has 2 aromatic carbocycles. The highest BCUT2D eigenvalue weighted by atomic mass is 16.5. The molecular weight excluding hydrogens is 296 g/mol. The number of hydrogen-bond acceptors (Lipinski definition) is 2. The molecule has 0 amide bonds. The fraction of sp³-hybridized carbons (Fsp3) is 0.455. The van der Waals surface area contributed by atoms with Crippen molar-refractivity contribution in [2.45, 2.75) is 46.5 Å². The van der Waals surface area contributed by atoms with Crippen LogP contribution < -0.4 is 9.47 Å². The molecule has 0 aromatic heterocycles. The number of ether oxygens (including phenoxy) is 2. The van der Waals surface area contributed by atoms with E-state index in [1.54, 1.807) is 0 Å². The second-order valence-electron chi connectivity index (χ2n) is 7.17. The van der Waals surface area contributed by atoms with E-state index in [0.717, 1.165) is 11.5 Å². The van der Waals surface area contributed by atoms with E-state index in [9.17, 15) is 0 Å². The third-order valence-electron chi connectivity index (χ3n) is 4.16. The summed E-state index contributed by atoms with van der Waals surface area (Å²) in [6.45, 7) is 12.2. The van der Waals surface area contributed by atoms with Gasteiger partial charge in [0.25, 0.3) is 0 Å². The van der Waals surface area contributed by atoms with Gasteiger partial charge in [0.2, 0.25) is 0 Å². The van der Waals surface area contributed by atoms with Crippen LogP contribution in [0.5, 0.6) is 11.5 Å². The molecule has 24 heavy (non-hydrogen) atoms. The van der Waals surface area contributed by atoms with Crippen molar-refractivity contribution in [2.75, 3.05) is 13.2 Å². The van der Waals surface area contributed by atoms with Gasteiger partial charge in [0.1, 0.15) is 11.5 Å². The molecule has 0 unspecified atom stereocenters. The van der Waals surface area contributed by atoms with Crippen molar-refractivity contribution in [3.8, 4) is 11.5 Å². The molecule has 0 saturated heterocycles. The molecule has 0 bridgehead atoms. The zero-order valence-corrected chi connectivity index (χ0v) is 15.6. The highest BCUT2D eigenvalue weighted by Gasteiger charge is 2.06. The van der Waals surface area contributed by atoms with Crippen LogP contribution >= 0.6 is 0 Å². The number of hydrogen-bond donors (Lipinski definition) is 0. The van der Waals surface area contributed by atoms with Crippen LogP contribution in [0.25, 0.3) is 0 Å². The van der Waals surface area contributed by atoms with Crippen LogP contribution in [0.1, 0.15) is 57.6 Å². The third kappa shape index (κ3) is 5.59. The summed E-state index contributed by atoms with van der Waals surface area (Å²) in [4.78, 5) is 0. The Kier molecular flexibility index (Phi) is 6.72. The minimum absolute atomic E-state index is 0.333. The van der Waals surface area contributed by atoms with E-state index in [0.29, 0.717) is 31.0 Å². The summed E-state index contributed by atoms with van der Waals surface area (Å²) in [5.41, 5.74) is 2.67. The van der Waals surface area contributed by atoms with E-state index in [-0.39, 0.29) is 0 Å². The summed E-state index contributed by atoms with van der Waals surface area (Å²) >= 11 is 0. The molecule has 0 heterocycles. The molecule has 2 heteroatoms.